The van der Waals surface area contributed by atoms with Crippen molar-refractivity contribution in [3.8, 4) is 17.1 Å². The Labute approximate surface area is 85.8 Å². The molecule has 76 valence electrons. The Morgan fingerprint density at radius 1 is 1.20 bits per heavy atom. The van der Waals surface area contributed by atoms with Crippen LogP contribution in [-0.4, -0.2) is 22.1 Å². The third-order valence-electron chi connectivity index (χ3n) is 1.93. The van der Waals surface area contributed by atoms with E-state index < -0.39 is 0 Å². The predicted molar refractivity (Wildman–Crippen MR) is 54.6 cm³/mol. The van der Waals surface area contributed by atoms with Gasteiger partial charge in [0.2, 0.25) is 5.56 Å². The summed E-state index contributed by atoms with van der Waals surface area (Å²) in [6.07, 6.45) is 4.90. The lowest BCUT2D eigenvalue weighted by atomic mass is 10.2. The van der Waals surface area contributed by atoms with Crippen molar-refractivity contribution in [3.05, 3.63) is 41.1 Å². The highest BCUT2D eigenvalue weighted by Gasteiger charge is 1.99. The number of pyridine rings is 1. The van der Waals surface area contributed by atoms with Crippen molar-refractivity contribution >= 4 is 0 Å². The van der Waals surface area contributed by atoms with E-state index in [1.165, 1.54) is 13.2 Å². The smallest absolute Gasteiger partial charge is 0.316 e. The fourth-order valence-corrected chi connectivity index (χ4v) is 1.16. The van der Waals surface area contributed by atoms with Crippen molar-refractivity contribution in [2.24, 2.45) is 0 Å². The number of nitrogens with zero attached hydrogens (tertiary/aromatic N) is 2. The van der Waals surface area contributed by atoms with Crippen LogP contribution in [0.1, 0.15) is 0 Å². The van der Waals surface area contributed by atoms with Crippen LogP contribution < -0.4 is 10.3 Å². The minimum absolute atomic E-state index is 0.131. The van der Waals surface area contributed by atoms with Crippen molar-refractivity contribution in [1.82, 2.24) is 15.0 Å². The summed E-state index contributed by atoms with van der Waals surface area (Å²) in [5, 5.41) is 0. The van der Waals surface area contributed by atoms with E-state index in [4.69, 9.17) is 4.74 Å². The molecule has 0 radical (unpaired) electrons. The van der Waals surface area contributed by atoms with E-state index in [1.807, 2.05) is 0 Å². The maximum Gasteiger partial charge on any atom is 0.316 e. The van der Waals surface area contributed by atoms with Gasteiger partial charge in [-0.3, -0.25) is 4.79 Å². The van der Waals surface area contributed by atoms with Crippen LogP contribution >= 0.6 is 0 Å². The summed E-state index contributed by atoms with van der Waals surface area (Å²) in [4.78, 5) is 21.4. The number of H-pyrrole nitrogens is 1. The van der Waals surface area contributed by atoms with E-state index in [1.54, 1.807) is 24.7 Å². The number of methoxy groups -OCH3 is 1. The molecule has 0 aliphatic heterocycles. The summed E-state index contributed by atoms with van der Waals surface area (Å²) < 4.78 is 4.84. The lowest BCUT2D eigenvalue weighted by Gasteiger charge is -2.00. The Hall–Kier alpha value is -2.17. The number of aromatic nitrogens is 3. The molecule has 0 aliphatic carbocycles. The van der Waals surface area contributed by atoms with Crippen LogP contribution in [0.4, 0.5) is 0 Å². The average molecular weight is 203 g/mol. The molecular formula is C10H9N3O2. The average Bonchev–Trinajstić information content (AvgIpc) is 2.30. The number of rotatable bonds is 2. The predicted octanol–water partition coefficient (Wildman–Crippen LogP) is 0.840. The Kier molecular flexibility index (Phi) is 2.45. The highest BCUT2D eigenvalue weighted by atomic mass is 16.5. The van der Waals surface area contributed by atoms with Gasteiger partial charge in [0.25, 0.3) is 0 Å². The first-order chi connectivity index (χ1) is 7.29. The molecule has 2 aromatic rings. The molecule has 5 nitrogen and oxygen atoms in total. The quantitative estimate of drug-likeness (QED) is 0.785. The van der Waals surface area contributed by atoms with Crippen molar-refractivity contribution in [2.75, 3.05) is 7.11 Å². The fourth-order valence-electron chi connectivity index (χ4n) is 1.16. The molecule has 0 bridgehead atoms. The van der Waals surface area contributed by atoms with Crippen LogP contribution in [0.5, 0.6) is 6.01 Å². The Morgan fingerprint density at radius 2 is 1.93 bits per heavy atom. The largest absolute Gasteiger partial charge is 0.467 e. The molecule has 0 saturated heterocycles. The molecule has 0 amide bonds. The van der Waals surface area contributed by atoms with Crippen molar-refractivity contribution in [1.29, 1.82) is 0 Å². The molecule has 0 aliphatic rings. The van der Waals surface area contributed by atoms with E-state index >= 15 is 0 Å². The van der Waals surface area contributed by atoms with Crippen LogP contribution in [0, 0.1) is 0 Å². The lowest BCUT2D eigenvalue weighted by molar-refractivity contribution is 0.380. The summed E-state index contributed by atoms with van der Waals surface area (Å²) in [6, 6.07) is 3.49. The summed E-state index contributed by atoms with van der Waals surface area (Å²) in [5.74, 6) is 0. The van der Waals surface area contributed by atoms with Gasteiger partial charge in [0, 0.05) is 35.8 Å². The zero-order chi connectivity index (χ0) is 10.7. The van der Waals surface area contributed by atoms with Gasteiger partial charge in [-0.1, -0.05) is 0 Å². The van der Waals surface area contributed by atoms with Crippen LogP contribution in [0.3, 0.4) is 0 Å². The normalized spacial score (nSPS) is 9.93. The van der Waals surface area contributed by atoms with E-state index in [-0.39, 0.29) is 5.56 Å². The SMILES string of the molecule is COc1ncc(-c2ccc(=O)[nH]c2)cn1. The van der Waals surface area contributed by atoms with Gasteiger partial charge in [-0.05, 0) is 6.07 Å². The second kappa shape index (κ2) is 3.91. The maximum atomic E-state index is 10.8. The monoisotopic (exact) mass is 203 g/mol. The maximum absolute atomic E-state index is 10.8. The number of aromatic amines is 1. The first-order valence-electron chi connectivity index (χ1n) is 4.35. The van der Waals surface area contributed by atoms with E-state index in [9.17, 15) is 4.79 Å². The third kappa shape index (κ3) is 2.01. The minimum atomic E-state index is -0.131. The molecule has 2 heterocycles. The highest BCUT2D eigenvalue weighted by molar-refractivity contribution is 5.59. The third-order valence-corrected chi connectivity index (χ3v) is 1.93. The molecule has 0 aromatic carbocycles. The zero-order valence-electron chi connectivity index (χ0n) is 8.10. The number of hydrogen-bond acceptors (Lipinski definition) is 4. The molecule has 2 rings (SSSR count). The molecule has 0 unspecified atom stereocenters. The second-order valence-corrected chi connectivity index (χ2v) is 2.90. The van der Waals surface area contributed by atoms with E-state index in [0.717, 1.165) is 11.1 Å². The Morgan fingerprint density at radius 3 is 2.47 bits per heavy atom. The van der Waals surface area contributed by atoms with Crippen molar-refractivity contribution < 1.29 is 4.74 Å². The van der Waals surface area contributed by atoms with E-state index in [2.05, 4.69) is 15.0 Å². The summed E-state index contributed by atoms with van der Waals surface area (Å²) in [5.41, 5.74) is 1.55. The zero-order valence-corrected chi connectivity index (χ0v) is 8.10. The van der Waals surface area contributed by atoms with Crippen LogP contribution in [0.25, 0.3) is 11.1 Å². The van der Waals surface area contributed by atoms with Gasteiger partial charge in [0.15, 0.2) is 0 Å². The molecule has 0 fully saturated rings. The van der Waals surface area contributed by atoms with Gasteiger partial charge < -0.3 is 9.72 Å². The van der Waals surface area contributed by atoms with Gasteiger partial charge >= 0.3 is 6.01 Å². The first kappa shape index (κ1) is 9.39. The molecule has 0 saturated carbocycles. The van der Waals surface area contributed by atoms with Crippen LogP contribution in [0.2, 0.25) is 0 Å². The fraction of sp³-hybridized carbons (Fsp3) is 0.100. The van der Waals surface area contributed by atoms with Gasteiger partial charge in [-0.25, -0.2) is 9.97 Å². The lowest BCUT2D eigenvalue weighted by Crippen LogP contribution is -2.01. The van der Waals surface area contributed by atoms with Crippen LogP contribution in [0.15, 0.2) is 35.5 Å². The topological polar surface area (TPSA) is 67.9 Å². The van der Waals surface area contributed by atoms with Crippen molar-refractivity contribution in [3.63, 3.8) is 0 Å². The first-order valence-corrected chi connectivity index (χ1v) is 4.35. The van der Waals surface area contributed by atoms with Gasteiger partial charge in [0.05, 0.1) is 7.11 Å². The molecule has 15 heavy (non-hydrogen) atoms. The molecule has 0 spiro atoms. The van der Waals surface area contributed by atoms with Crippen molar-refractivity contribution in [2.45, 2.75) is 0 Å². The molecule has 0 atom stereocenters. The van der Waals surface area contributed by atoms with Crippen LogP contribution in [-0.2, 0) is 0 Å². The van der Waals surface area contributed by atoms with Gasteiger partial charge in [0.1, 0.15) is 0 Å². The summed E-state index contributed by atoms with van der Waals surface area (Å²) >= 11 is 0. The minimum Gasteiger partial charge on any atom is -0.467 e. The summed E-state index contributed by atoms with van der Waals surface area (Å²) in [7, 11) is 1.51. The Balaban J connectivity index is 2.37. The Bertz CT molecular complexity index is 484. The second-order valence-electron chi connectivity index (χ2n) is 2.90. The summed E-state index contributed by atoms with van der Waals surface area (Å²) in [6.45, 7) is 0. The molecule has 2 aromatic heterocycles. The number of hydrogen-bond donors (Lipinski definition) is 1. The number of ether oxygens (including phenoxy) is 1. The molecular weight excluding hydrogens is 194 g/mol. The standard InChI is InChI=1S/C10H9N3O2/c1-15-10-12-5-8(6-13-10)7-2-3-9(14)11-4-7/h2-6H,1H3,(H,11,14). The van der Waals surface area contributed by atoms with Gasteiger partial charge in [-0.15, -0.1) is 0 Å². The molecule has 1 N–H and O–H groups in total. The highest BCUT2D eigenvalue weighted by Crippen LogP contribution is 2.15. The van der Waals surface area contributed by atoms with E-state index in [0.29, 0.717) is 6.01 Å². The number of nitrogens with one attached hydrogen (secondary N) is 1. The molecule has 5 heteroatoms. The van der Waals surface area contributed by atoms with Gasteiger partial charge in [-0.2, -0.15) is 0 Å².